The Hall–Kier alpha value is -2.74. The Balaban J connectivity index is 1.50. The van der Waals surface area contributed by atoms with Gasteiger partial charge in [-0.15, -0.1) is 10.2 Å². The molecule has 0 unspecified atom stereocenters. The lowest BCUT2D eigenvalue weighted by molar-refractivity contribution is 0.0555. The Morgan fingerprint density at radius 2 is 1.94 bits per heavy atom. The zero-order valence-electron chi connectivity index (χ0n) is 18.6. The van der Waals surface area contributed by atoms with Gasteiger partial charge in [-0.2, -0.15) is 0 Å². The number of nitrogens with zero attached hydrogens (tertiary/aromatic N) is 4. The van der Waals surface area contributed by atoms with Crippen molar-refractivity contribution < 1.29 is 9.50 Å². The monoisotopic (exact) mass is 424 g/mol. The van der Waals surface area contributed by atoms with Gasteiger partial charge >= 0.3 is 0 Å². The molecule has 0 saturated carbocycles. The van der Waals surface area contributed by atoms with Gasteiger partial charge < -0.3 is 20.3 Å². The lowest BCUT2D eigenvalue weighted by atomic mass is 9.77. The number of hydrogen-bond acceptors (Lipinski definition) is 6. The number of aromatic hydroxyl groups is 1. The fourth-order valence-electron chi connectivity index (χ4n) is 5.40. The highest BCUT2D eigenvalue weighted by atomic mass is 19.1. The molecule has 5 rings (SSSR count). The molecule has 31 heavy (non-hydrogen) atoms. The molecule has 2 aliphatic heterocycles. The van der Waals surface area contributed by atoms with Gasteiger partial charge in [0.25, 0.3) is 0 Å². The van der Waals surface area contributed by atoms with Crippen molar-refractivity contribution >= 4 is 16.9 Å². The molecule has 8 heteroatoms. The van der Waals surface area contributed by atoms with Crippen molar-refractivity contribution in [2.24, 2.45) is 0 Å². The van der Waals surface area contributed by atoms with E-state index in [9.17, 15) is 5.11 Å². The Kier molecular flexibility index (Phi) is 4.31. The summed E-state index contributed by atoms with van der Waals surface area (Å²) < 4.78 is 15.5. The van der Waals surface area contributed by atoms with Gasteiger partial charge in [0.15, 0.2) is 5.82 Å². The standard InChI is InChI=1S/C23H29FN6O/c1-12-25-16-9-14(19(31)10-17(16)26-12)15-8-13-6-7-30(21(13)28-27-15)18-11-22(2,3)29-23(4,5)20(18)24/h8-10,18,20,29,31H,6-7,11H2,1-5H3,(H,25,26)/t18-,20-/m0/s1. The van der Waals surface area contributed by atoms with Gasteiger partial charge in [-0.1, -0.05) is 0 Å². The highest BCUT2D eigenvalue weighted by molar-refractivity contribution is 5.85. The van der Waals surface area contributed by atoms with Crippen molar-refractivity contribution in [2.45, 2.75) is 70.8 Å². The number of aryl methyl sites for hydroxylation is 1. The van der Waals surface area contributed by atoms with Crippen molar-refractivity contribution in [2.75, 3.05) is 11.4 Å². The molecular weight excluding hydrogens is 395 g/mol. The van der Waals surface area contributed by atoms with E-state index in [2.05, 4.69) is 44.2 Å². The zero-order valence-corrected chi connectivity index (χ0v) is 18.6. The van der Waals surface area contributed by atoms with Gasteiger partial charge in [0.2, 0.25) is 0 Å². The van der Waals surface area contributed by atoms with Gasteiger partial charge in [-0.3, -0.25) is 0 Å². The minimum Gasteiger partial charge on any atom is -0.507 e. The third-order valence-corrected chi connectivity index (χ3v) is 6.55. The predicted octanol–water partition coefficient (Wildman–Crippen LogP) is 3.65. The van der Waals surface area contributed by atoms with Gasteiger partial charge in [0.05, 0.1) is 22.8 Å². The summed E-state index contributed by atoms with van der Waals surface area (Å²) in [7, 11) is 0. The van der Waals surface area contributed by atoms with Crippen LogP contribution in [0.25, 0.3) is 22.3 Å². The number of aromatic nitrogens is 4. The number of anilines is 1. The van der Waals surface area contributed by atoms with E-state index in [0.717, 1.165) is 34.7 Å². The van der Waals surface area contributed by atoms with Crippen LogP contribution in [0, 0.1) is 6.92 Å². The van der Waals surface area contributed by atoms with Gasteiger partial charge in [-0.25, -0.2) is 9.37 Å². The smallest absolute Gasteiger partial charge is 0.154 e. The second kappa shape index (κ2) is 6.63. The molecule has 164 valence electrons. The van der Waals surface area contributed by atoms with Crippen LogP contribution in [-0.2, 0) is 6.42 Å². The number of phenols is 1. The molecule has 2 aliphatic rings. The molecule has 1 saturated heterocycles. The molecule has 0 aliphatic carbocycles. The summed E-state index contributed by atoms with van der Waals surface area (Å²) in [5, 5.41) is 22.9. The van der Waals surface area contributed by atoms with Gasteiger partial charge in [0.1, 0.15) is 17.7 Å². The van der Waals surface area contributed by atoms with Crippen LogP contribution in [0.2, 0.25) is 0 Å². The summed E-state index contributed by atoms with van der Waals surface area (Å²) in [5.74, 6) is 1.67. The van der Waals surface area contributed by atoms with E-state index in [1.165, 1.54) is 0 Å². The average Bonchev–Trinajstić information content (AvgIpc) is 3.24. The average molecular weight is 425 g/mol. The number of fused-ring (bicyclic) bond motifs is 2. The first-order valence-corrected chi connectivity index (χ1v) is 10.8. The number of alkyl halides is 1. The third-order valence-electron chi connectivity index (χ3n) is 6.55. The molecule has 3 N–H and O–H groups in total. The van der Waals surface area contributed by atoms with E-state index in [-0.39, 0.29) is 17.3 Å². The summed E-state index contributed by atoms with van der Waals surface area (Å²) >= 11 is 0. The van der Waals surface area contributed by atoms with Crippen LogP contribution in [-0.4, -0.2) is 55.1 Å². The fraction of sp³-hybridized carbons (Fsp3) is 0.522. The zero-order chi connectivity index (χ0) is 22.1. The number of piperidine rings is 1. The predicted molar refractivity (Wildman–Crippen MR) is 119 cm³/mol. The van der Waals surface area contributed by atoms with Gasteiger partial charge in [0, 0.05) is 34.8 Å². The van der Waals surface area contributed by atoms with Crippen molar-refractivity contribution in [1.82, 2.24) is 25.5 Å². The summed E-state index contributed by atoms with van der Waals surface area (Å²) in [4.78, 5) is 9.66. The number of halogens is 1. The molecule has 3 aromatic rings. The number of phenolic OH excluding ortho intramolecular Hbond substituents is 1. The number of nitrogens with one attached hydrogen (secondary N) is 2. The molecular formula is C23H29FN6O. The quantitative estimate of drug-likeness (QED) is 0.582. The van der Waals surface area contributed by atoms with Crippen LogP contribution in [0.5, 0.6) is 5.75 Å². The minimum absolute atomic E-state index is 0.130. The number of aromatic amines is 1. The molecule has 0 spiro atoms. The van der Waals surface area contributed by atoms with Crippen molar-refractivity contribution in [1.29, 1.82) is 0 Å². The second-order valence-electron chi connectivity index (χ2n) is 10.1. The molecule has 2 aromatic heterocycles. The highest BCUT2D eigenvalue weighted by Gasteiger charge is 2.49. The number of benzene rings is 1. The van der Waals surface area contributed by atoms with Crippen molar-refractivity contribution in [3.8, 4) is 17.0 Å². The van der Waals surface area contributed by atoms with Crippen LogP contribution in [0.15, 0.2) is 18.2 Å². The molecule has 2 atom stereocenters. The van der Waals surface area contributed by atoms with E-state index < -0.39 is 11.7 Å². The lowest BCUT2D eigenvalue weighted by Crippen LogP contribution is -2.69. The van der Waals surface area contributed by atoms with Crippen LogP contribution in [0.1, 0.15) is 45.5 Å². The van der Waals surface area contributed by atoms with E-state index in [0.29, 0.717) is 24.2 Å². The SMILES string of the molecule is Cc1nc2cc(-c3cc4c(nn3)N([C@H]3CC(C)(C)NC(C)(C)[C@H]3F)CC4)c(O)cc2[nH]1. The van der Waals surface area contributed by atoms with Crippen LogP contribution in [0.4, 0.5) is 10.2 Å². The first-order chi connectivity index (χ1) is 14.5. The Morgan fingerprint density at radius 1 is 1.16 bits per heavy atom. The summed E-state index contributed by atoms with van der Waals surface area (Å²) in [6.07, 6.45) is 0.443. The number of hydrogen-bond donors (Lipinski definition) is 3. The molecule has 1 aromatic carbocycles. The highest BCUT2D eigenvalue weighted by Crippen LogP contribution is 2.40. The summed E-state index contributed by atoms with van der Waals surface area (Å²) in [5.41, 5.74) is 2.99. The van der Waals surface area contributed by atoms with Crippen LogP contribution >= 0.6 is 0 Å². The van der Waals surface area contributed by atoms with Crippen molar-refractivity contribution in [3.05, 3.63) is 29.6 Å². The van der Waals surface area contributed by atoms with Crippen molar-refractivity contribution in [3.63, 3.8) is 0 Å². The van der Waals surface area contributed by atoms with E-state index >= 15 is 4.39 Å². The Morgan fingerprint density at radius 3 is 2.71 bits per heavy atom. The van der Waals surface area contributed by atoms with E-state index in [4.69, 9.17) is 0 Å². The summed E-state index contributed by atoms with van der Waals surface area (Å²) in [6.45, 7) is 10.7. The Labute approximate surface area is 181 Å². The van der Waals surface area contributed by atoms with E-state index in [1.807, 2.05) is 32.9 Å². The molecule has 7 nitrogen and oxygen atoms in total. The van der Waals surface area contributed by atoms with E-state index in [1.54, 1.807) is 6.07 Å². The van der Waals surface area contributed by atoms with Crippen LogP contribution < -0.4 is 10.2 Å². The molecule has 0 radical (unpaired) electrons. The number of imidazole rings is 1. The third kappa shape index (κ3) is 3.33. The topological polar surface area (TPSA) is 90.0 Å². The molecule has 0 bridgehead atoms. The maximum absolute atomic E-state index is 15.5. The molecule has 4 heterocycles. The summed E-state index contributed by atoms with van der Waals surface area (Å²) in [6, 6.07) is 5.20. The lowest BCUT2D eigenvalue weighted by Gasteiger charge is -2.51. The number of rotatable bonds is 2. The molecule has 0 amide bonds. The maximum Gasteiger partial charge on any atom is 0.154 e. The largest absolute Gasteiger partial charge is 0.507 e. The minimum atomic E-state index is -1.03. The number of H-pyrrole nitrogens is 1. The van der Waals surface area contributed by atoms with Crippen LogP contribution in [0.3, 0.4) is 0 Å². The van der Waals surface area contributed by atoms with Gasteiger partial charge in [-0.05, 0) is 59.6 Å². The maximum atomic E-state index is 15.5. The second-order valence-corrected chi connectivity index (χ2v) is 10.1. The first-order valence-electron chi connectivity index (χ1n) is 10.8. The fourth-order valence-corrected chi connectivity index (χ4v) is 5.40. The Bertz CT molecular complexity index is 1170. The first kappa shape index (κ1) is 20.2. The normalized spacial score (nSPS) is 24.5. The molecule has 1 fully saturated rings.